The van der Waals surface area contributed by atoms with E-state index in [1.165, 1.54) is 38.5 Å². The van der Waals surface area contributed by atoms with Crippen LogP contribution >= 0.6 is 15.9 Å². The highest BCUT2D eigenvalue weighted by Crippen LogP contribution is 2.40. The molecule has 0 N–H and O–H groups in total. The second-order valence-electron chi connectivity index (χ2n) is 12.1. The fraction of sp³-hybridized carbons (Fsp3) is 0.100. The zero-order valence-corrected chi connectivity index (χ0v) is 26.2. The number of nitrogens with zero attached hydrogens (tertiary/aromatic N) is 2. The average molecular weight is 622 g/mol. The van der Waals surface area contributed by atoms with Crippen LogP contribution in [-0.2, 0) is 5.41 Å². The van der Waals surface area contributed by atoms with Gasteiger partial charge < -0.3 is 9.47 Å². The maximum atomic E-state index is 3.65. The molecular formula is C40H33BrN2. The predicted octanol–water partition coefficient (Wildman–Crippen LogP) is 12.0. The van der Waals surface area contributed by atoms with Crippen molar-refractivity contribution in [2.24, 2.45) is 0 Å². The fourth-order valence-corrected chi connectivity index (χ4v) is 6.42. The molecular weight excluding hydrogens is 588 g/mol. The van der Waals surface area contributed by atoms with Crippen LogP contribution in [0.1, 0.15) is 26.3 Å². The van der Waals surface area contributed by atoms with Crippen LogP contribution in [0.2, 0.25) is 0 Å². The molecule has 0 atom stereocenters. The van der Waals surface area contributed by atoms with Crippen LogP contribution in [0.15, 0.2) is 150 Å². The molecule has 7 rings (SSSR count). The van der Waals surface area contributed by atoms with Crippen LogP contribution in [0, 0.1) is 0 Å². The number of anilines is 3. The zero-order chi connectivity index (χ0) is 29.6. The molecule has 0 saturated carbocycles. The molecule has 0 aliphatic carbocycles. The third-order valence-electron chi connectivity index (χ3n) is 8.18. The number of fused-ring (bicyclic) bond motifs is 3. The van der Waals surface area contributed by atoms with Crippen molar-refractivity contribution in [3.05, 3.63) is 156 Å². The molecule has 210 valence electrons. The first-order chi connectivity index (χ1) is 20.9. The average Bonchev–Trinajstić information content (AvgIpc) is 3.36. The second kappa shape index (κ2) is 10.9. The van der Waals surface area contributed by atoms with E-state index in [9.17, 15) is 0 Å². The highest BCUT2D eigenvalue weighted by Gasteiger charge is 2.18. The summed E-state index contributed by atoms with van der Waals surface area (Å²) in [5.41, 5.74) is 10.6. The fourth-order valence-electron chi connectivity index (χ4n) is 6.02. The van der Waals surface area contributed by atoms with Gasteiger partial charge in [0.05, 0.1) is 11.0 Å². The summed E-state index contributed by atoms with van der Waals surface area (Å²) in [5, 5.41) is 2.53. The first-order valence-electron chi connectivity index (χ1n) is 14.7. The third-order valence-corrected chi connectivity index (χ3v) is 8.67. The molecule has 6 aromatic carbocycles. The van der Waals surface area contributed by atoms with Crippen LogP contribution in [0.5, 0.6) is 0 Å². The molecule has 7 aromatic rings. The zero-order valence-electron chi connectivity index (χ0n) is 24.6. The van der Waals surface area contributed by atoms with E-state index in [1.807, 2.05) is 0 Å². The Bertz CT molecular complexity index is 2030. The first-order valence-corrected chi connectivity index (χ1v) is 15.5. The lowest BCUT2D eigenvalue weighted by Crippen LogP contribution is -2.13. The SMILES string of the molecule is CC(C)(C)c1ccc(N(c2cccc(-c3cccc(Br)c3)c2)c2cccc(-n3c4ccccc4c4ccccc43)c2)cc1. The highest BCUT2D eigenvalue weighted by atomic mass is 79.9. The molecule has 0 aliphatic rings. The van der Waals surface area contributed by atoms with Crippen molar-refractivity contribution in [2.45, 2.75) is 26.2 Å². The highest BCUT2D eigenvalue weighted by molar-refractivity contribution is 9.10. The van der Waals surface area contributed by atoms with E-state index in [4.69, 9.17) is 0 Å². The predicted molar refractivity (Wildman–Crippen MR) is 187 cm³/mol. The van der Waals surface area contributed by atoms with Gasteiger partial charge in [0, 0.05) is 38.0 Å². The van der Waals surface area contributed by atoms with Gasteiger partial charge in [0.1, 0.15) is 0 Å². The van der Waals surface area contributed by atoms with Gasteiger partial charge in [-0.15, -0.1) is 0 Å². The Hall–Kier alpha value is -4.60. The summed E-state index contributed by atoms with van der Waals surface area (Å²) in [4.78, 5) is 2.37. The van der Waals surface area contributed by atoms with Crippen LogP contribution in [0.3, 0.4) is 0 Å². The van der Waals surface area contributed by atoms with Gasteiger partial charge in [0.2, 0.25) is 0 Å². The van der Waals surface area contributed by atoms with Gasteiger partial charge in [-0.25, -0.2) is 0 Å². The van der Waals surface area contributed by atoms with Gasteiger partial charge >= 0.3 is 0 Å². The molecule has 0 spiro atoms. The maximum absolute atomic E-state index is 3.65. The van der Waals surface area contributed by atoms with E-state index >= 15 is 0 Å². The number of halogens is 1. The van der Waals surface area contributed by atoms with E-state index in [1.54, 1.807) is 0 Å². The lowest BCUT2D eigenvalue weighted by Gasteiger charge is -2.28. The maximum Gasteiger partial charge on any atom is 0.0541 e. The lowest BCUT2D eigenvalue weighted by atomic mass is 9.87. The van der Waals surface area contributed by atoms with Crippen molar-refractivity contribution in [3.8, 4) is 16.8 Å². The van der Waals surface area contributed by atoms with Crippen molar-refractivity contribution >= 4 is 54.8 Å². The molecule has 0 aliphatic heterocycles. The minimum absolute atomic E-state index is 0.0838. The molecule has 0 saturated heterocycles. The number of hydrogen-bond acceptors (Lipinski definition) is 1. The van der Waals surface area contributed by atoms with Gasteiger partial charge in [-0.3, -0.25) is 0 Å². The van der Waals surface area contributed by atoms with Crippen molar-refractivity contribution in [2.75, 3.05) is 4.90 Å². The van der Waals surface area contributed by atoms with E-state index in [0.717, 1.165) is 27.2 Å². The molecule has 0 fully saturated rings. The van der Waals surface area contributed by atoms with Gasteiger partial charge in [-0.2, -0.15) is 0 Å². The Morgan fingerprint density at radius 1 is 0.512 bits per heavy atom. The Labute approximate surface area is 262 Å². The largest absolute Gasteiger partial charge is 0.310 e. The summed E-state index contributed by atoms with van der Waals surface area (Å²) in [5.74, 6) is 0. The van der Waals surface area contributed by atoms with Crippen LogP contribution in [0.25, 0.3) is 38.6 Å². The van der Waals surface area contributed by atoms with Crippen molar-refractivity contribution in [1.29, 1.82) is 0 Å². The van der Waals surface area contributed by atoms with Gasteiger partial charge in [-0.05, 0) is 88.8 Å². The normalized spacial score (nSPS) is 11.7. The summed E-state index contributed by atoms with van der Waals surface area (Å²) in [6.07, 6.45) is 0. The number of benzene rings is 6. The van der Waals surface area contributed by atoms with Crippen molar-refractivity contribution < 1.29 is 0 Å². The molecule has 0 radical (unpaired) electrons. The summed E-state index contributed by atoms with van der Waals surface area (Å²) in [7, 11) is 0. The lowest BCUT2D eigenvalue weighted by molar-refractivity contribution is 0.590. The monoisotopic (exact) mass is 620 g/mol. The minimum Gasteiger partial charge on any atom is -0.310 e. The number of hydrogen-bond donors (Lipinski definition) is 0. The van der Waals surface area contributed by atoms with E-state index in [2.05, 4.69) is 192 Å². The number of rotatable bonds is 5. The van der Waals surface area contributed by atoms with Crippen molar-refractivity contribution in [1.82, 2.24) is 4.57 Å². The smallest absolute Gasteiger partial charge is 0.0541 e. The molecule has 0 amide bonds. The quantitative estimate of drug-likeness (QED) is 0.186. The van der Waals surface area contributed by atoms with Gasteiger partial charge in [-0.1, -0.05) is 116 Å². The summed E-state index contributed by atoms with van der Waals surface area (Å²) >= 11 is 3.65. The topological polar surface area (TPSA) is 8.17 Å². The second-order valence-corrected chi connectivity index (χ2v) is 13.0. The Balaban J connectivity index is 1.42. The van der Waals surface area contributed by atoms with Gasteiger partial charge in [0.15, 0.2) is 0 Å². The third kappa shape index (κ3) is 5.15. The van der Waals surface area contributed by atoms with Crippen LogP contribution in [0.4, 0.5) is 17.1 Å². The molecule has 43 heavy (non-hydrogen) atoms. The standard InChI is InChI=1S/C40H33BrN2/c1-40(2,3)30-21-23-32(24-22-30)42(33-14-9-12-29(26-33)28-11-8-13-31(41)25-28)34-15-10-16-35(27-34)43-38-19-6-4-17-36(38)37-18-5-7-20-39(37)43/h4-27H,1-3H3. The number of para-hydroxylation sites is 2. The Morgan fingerprint density at radius 3 is 1.70 bits per heavy atom. The van der Waals surface area contributed by atoms with E-state index in [-0.39, 0.29) is 5.41 Å². The first kappa shape index (κ1) is 27.2. The van der Waals surface area contributed by atoms with E-state index < -0.39 is 0 Å². The molecule has 0 bridgehead atoms. The summed E-state index contributed by atoms with van der Waals surface area (Å²) in [6, 6.07) is 52.6. The summed E-state index contributed by atoms with van der Waals surface area (Å²) in [6.45, 7) is 6.78. The minimum atomic E-state index is 0.0838. The van der Waals surface area contributed by atoms with Crippen LogP contribution < -0.4 is 4.90 Å². The molecule has 0 unspecified atom stereocenters. The van der Waals surface area contributed by atoms with Gasteiger partial charge in [0.25, 0.3) is 0 Å². The molecule has 1 aromatic heterocycles. The van der Waals surface area contributed by atoms with Crippen LogP contribution in [-0.4, -0.2) is 4.57 Å². The number of aromatic nitrogens is 1. The molecule has 1 heterocycles. The molecule has 2 nitrogen and oxygen atoms in total. The van der Waals surface area contributed by atoms with E-state index in [0.29, 0.717) is 0 Å². The Morgan fingerprint density at radius 2 is 1.07 bits per heavy atom. The Kier molecular flexibility index (Phi) is 6.91. The molecule has 3 heteroatoms. The summed E-state index contributed by atoms with van der Waals surface area (Å²) < 4.78 is 3.45. The van der Waals surface area contributed by atoms with Crippen molar-refractivity contribution in [3.63, 3.8) is 0 Å².